The van der Waals surface area contributed by atoms with E-state index >= 15 is 0 Å². The van der Waals surface area contributed by atoms with Crippen molar-refractivity contribution in [1.82, 2.24) is 3.97 Å². The Morgan fingerprint density at radius 2 is 1.83 bits per heavy atom. The SMILES string of the molecule is COc1cc(C)c2c(ccn2S(=O)(=O)c2ccccc2)c1C=O. The van der Waals surface area contributed by atoms with Gasteiger partial charge in [-0.15, -0.1) is 0 Å². The number of aldehydes is 1. The van der Waals surface area contributed by atoms with Crippen LogP contribution in [-0.4, -0.2) is 25.8 Å². The molecule has 0 saturated carbocycles. The third kappa shape index (κ3) is 2.31. The Morgan fingerprint density at radius 3 is 2.43 bits per heavy atom. The fourth-order valence-corrected chi connectivity index (χ4v) is 4.12. The van der Waals surface area contributed by atoms with E-state index < -0.39 is 10.0 Å². The number of carbonyl (C=O) groups excluding carboxylic acids is 1. The van der Waals surface area contributed by atoms with E-state index in [0.29, 0.717) is 34.1 Å². The van der Waals surface area contributed by atoms with Crippen molar-refractivity contribution in [3.8, 4) is 5.75 Å². The number of hydrogen-bond donors (Lipinski definition) is 0. The molecule has 0 aliphatic heterocycles. The third-order valence-corrected chi connectivity index (χ3v) is 5.46. The first-order valence-corrected chi connectivity index (χ1v) is 8.39. The Kier molecular flexibility index (Phi) is 3.69. The van der Waals surface area contributed by atoms with Crippen LogP contribution >= 0.6 is 0 Å². The van der Waals surface area contributed by atoms with Crippen molar-refractivity contribution in [2.24, 2.45) is 0 Å². The minimum absolute atomic E-state index is 0.195. The second-order valence-electron chi connectivity index (χ2n) is 5.12. The minimum atomic E-state index is -3.73. The van der Waals surface area contributed by atoms with E-state index in [1.807, 2.05) is 0 Å². The van der Waals surface area contributed by atoms with Crippen LogP contribution in [0.1, 0.15) is 15.9 Å². The number of aromatic nitrogens is 1. The van der Waals surface area contributed by atoms with Crippen molar-refractivity contribution >= 4 is 27.2 Å². The molecule has 0 fully saturated rings. The van der Waals surface area contributed by atoms with Crippen LogP contribution < -0.4 is 4.74 Å². The Morgan fingerprint density at radius 1 is 1.13 bits per heavy atom. The summed E-state index contributed by atoms with van der Waals surface area (Å²) < 4.78 is 32.1. The summed E-state index contributed by atoms with van der Waals surface area (Å²) in [5.41, 5.74) is 1.54. The van der Waals surface area contributed by atoms with E-state index in [-0.39, 0.29) is 4.90 Å². The van der Waals surface area contributed by atoms with Crippen LogP contribution in [0.2, 0.25) is 0 Å². The maximum absolute atomic E-state index is 12.9. The molecule has 0 N–H and O–H groups in total. The first-order valence-electron chi connectivity index (χ1n) is 6.95. The number of ether oxygens (including phenoxy) is 1. The zero-order chi connectivity index (χ0) is 16.6. The summed E-state index contributed by atoms with van der Waals surface area (Å²) in [4.78, 5) is 11.6. The lowest BCUT2D eigenvalue weighted by atomic mass is 10.1. The van der Waals surface area contributed by atoms with E-state index in [9.17, 15) is 13.2 Å². The van der Waals surface area contributed by atoms with Gasteiger partial charge in [-0.05, 0) is 36.8 Å². The summed E-state index contributed by atoms with van der Waals surface area (Å²) in [6, 6.07) is 11.5. The summed E-state index contributed by atoms with van der Waals surface area (Å²) in [5.74, 6) is 0.430. The van der Waals surface area contributed by atoms with E-state index in [1.165, 1.54) is 17.3 Å². The fourth-order valence-electron chi connectivity index (χ4n) is 2.69. The molecule has 0 aliphatic carbocycles. The average Bonchev–Trinajstić information content (AvgIpc) is 3.01. The molecule has 1 heterocycles. The van der Waals surface area contributed by atoms with Crippen molar-refractivity contribution in [1.29, 1.82) is 0 Å². The number of aryl methyl sites for hydroxylation is 1. The second-order valence-corrected chi connectivity index (χ2v) is 6.93. The molecule has 3 aromatic rings. The van der Waals surface area contributed by atoms with Crippen molar-refractivity contribution in [2.75, 3.05) is 7.11 Å². The van der Waals surface area contributed by atoms with Crippen molar-refractivity contribution in [2.45, 2.75) is 11.8 Å². The molecule has 5 nitrogen and oxygen atoms in total. The van der Waals surface area contributed by atoms with Crippen molar-refractivity contribution < 1.29 is 17.9 Å². The molecular weight excluding hydrogens is 314 g/mol. The fraction of sp³-hybridized carbons (Fsp3) is 0.118. The van der Waals surface area contributed by atoms with Crippen LogP contribution in [0.5, 0.6) is 5.75 Å². The molecule has 2 aromatic carbocycles. The van der Waals surface area contributed by atoms with Crippen LogP contribution in [-0.2, 0) is 10.0 Å². The normalized spacial score (nSPS) is 11.6. The van der Waals surface area contributed by atoms with E-state index in [1.54, 1.807) is 49.4 Å². The molecule has 3 rings (SSSR count). The first kappa shape index (κ1) is 15.3. The second kappa shape index (κ2) is 5.55. The zero-order valence-corrected chi connectivity index (χ0v) is 13.5. The van der Waals surface area contributed by atoms with E-state index in [0.717, 1.165) is 0 Å². The summed E-state index contributed by atoms with van der Waals surface area (Å²) in [7, 11) is -2.25. The third-order valence-electron chi connectivity index (χ3n) is 3.77. The highest BCUT2D eigenvalue weighted by atomic mass is 32.2. The van der Waals surface area contributed by atoms with Gasteiger partial charge >= 0.3 is 0 Å². The number of fused-ring (bicyclic) bond motifs is 1. The van der Waals surface area contributed by atoms with Gasteiger partial charge in [-0.3, -0.25) is 4.79 Å². The lowest BCUT2D eigenvalue weighted by Gasteiger charge is -2.12. The van der Waals surface area contributed by atoms with Gasteiger partial charge < -0.3 is 4.74 Å². The van der Waals surface area contributed by atoms with Gasteiger partial charge in [0.1, 0.15) is 5.75 Å². The molecule has 0 saturated heterocycles. The summed E-state index contributed by atoms with van der Waals surface area (Å²) >= 11 is 0. The Balaban J connectivity index is 2.35. The molecule has 0 unspecified atom stereocenters. The van der Waals surface area contributed by atoms with Crippen LogP contribution in [0.25, 0.3) is 10.9 Å². The standard InChI is InChI=1S/C17H15NO4S/c1-12-10-16(22-2)15(11-19)14-8-9-18(17(12)14)23(20,21)13-6-4-3-5-7-13/h3-11H,1-2H3. The molecular formula is C17H15NO4S. The maximum Gasteiger partial charge on any atom is 0.268 e. The van der Waals surface area contributed by atoms with Crippen molar-refractivity contribution in [3.05, 3.63) is 59.8 Å². The molecule has 0 amide bonds. The van der Waals surface area contributed by atoms with Crippen LogP contribution in [0.15, 0.2) is 53.6 Å². The summed E-state index contributed by atoms with van der Waals surface area (Å²) in [6.45, 7) is 1.79. The predicted molar refractivity (Wildman–Crippen MR) is 87.6 cm³/mol. The molecule has 0 aliphatic rings. The number of hydrogen-bond acceptors (Lipinski definition) is 4. The number of nitrogens with zero attached hydrogens (tertiary/aromatic N) is 1. The van der Waals surface area contributed by atoms with Crippen LogP contribution in [0.4, 0.5) is 0 Å². The summed E-state index contributed by atoms with van der Waals surface area (Å²) in [6.07, 6.45) is 2.15. The lowest BCUT2D eigenvalue weighted by molar-refractivity contribution is 0.112. The van der Waals surface area contributed by atoms with Crippen LogP contribution in [0, 0.1) is 6.92 Å². The number of methoxy groups -OCH3 is 1. The Hall–Kier alpha value is -2.60. The quantitative estimate of drug-likeness (QED) is 0.690. The maximum atomic E-state index is 12.9. The lowest BCUT2D eigenvalue weighted by Crippen LogP contribution is -2.12. The topological polar surface area (TPSA) is 65.4 Å². The molecule has 1 aromatic heterocycles. The van der Waals surface area contributed by atoms with E-state index in [2.05, 4.69) is 0 Å². The van der Waals surface area contributed by atoms with Gasteiger partial charge in [-0.25, -0.2) is 12.4 Å². The zero-order valence-electron chi connectivity index (χ0n) is 12.7. The number of rotatable bonds is 4. The molecule has 0 bridgehead atoms. The summed E-state index contributed by atoms with van der Waals surface area (Å²) in [5, 5.41) is 0.552. The van der Waals surface area contributed by atoms with Gasteiger partial charge in [0, 0.05) is 11.6 Å². The number of benzene rings is 2. The van der Waals surface area contributed by atoms with Gasteiger partial charge in [0.25, 0.3) is 10.0 Å². The van der Waals surface area contributed by atoms with Gasteiger partial charge in [0.15, 0.2) is 6.29 Å². The Bertz CT molecular complexity index is 988. The molecule has 23 heavy (non-hydrogen) atoms. The highest BCUT2D eigenvalue weighted by molar-refractivity contribution is 7.90. The molecule has 0 atom stereocenters. The minimum Gasteiger partial charge on any atom is -0.496 e. The molecule has 0 spiro atoms. The van der Waals surface area contributed by atoms with Gasteiger partial charge in [0.2, 0.25) is 0 Å². The van der Waals surface area contributed by atoms with Gasteiger partial charge in [-0.2, -0.15) is 0 Å². The Labute approximate surface area is 134 Å². The molecule has 0 radical (unpaired) electrons. The number of carbonyl (C=O) groups is 1. The first-order chi connectivity index (χ1) is 11.0. The highest BCUT2D eigenvalue weighted by Crippen LogP contribution is 2.32. The molecule has 6 heteroatoms. The predicted octanol–water partition coefficient (Wildman–Crippen LogP) is 3.01. The van der Waals surface area contributed by atoms with E-state index in [4.69, 9.17) is 4.74 Å². The monoisotopic (exact) mass is 329 g/mol. The van der Waals surface area contributed by atoms with Crippen LogP contribution in [0.3, 0.4) is 0 Å². The largest absolute Gasteiger partial charge is 0.496 e. The average molecular weight is 329 g/mol. The van der Waals surface area contributed by atoms with Gasteiger partial charge in [-0.1, -0.05) is 18.2 Å². The smallest absolute Gasteiger partial charge is 0.268 e. The van der Waals surface area contributed by atoms with Gasteiger partial charge in [0.05, 0.1) is 23.1 Å². The molecule has 118 valence electrons. The highest BCUT2D eigenvalue weighted by Gasteiger charge is 2.22. The van der Waals surface area contributed by atoms with Crippen molar-refractivity contribution in [3.63, 3.8) is 0 Å².